The molecule has 0 saturated carbocycles. The maximum Gasteiger partial charge on any atom is 0.277 e. The quantitative estimate of drug-likeness (QED) is 0.518. The van der Waals surface area contributed by atoms with Gasteiger partial charge >= 0.3 is 0 Å². The number of aromatic nitrogens is 1. The third kappa shape index (κ3) is 3.83. The Labute approximate surface area is 147 Å². The van der Waals surface area contributed by atoms with E-state index < -0.39 is 0 Å². The SMILES string of the molecule is Cc1cc(OCC(=O)NN=Cc2c[nH]c3ccccc23)ccc1Br. The number of amides is 1. The van der Waals surface area contributed by atoms with Crippen LogP contribution in [0.3, 0.4) is 0 Å². The number of fused-ring (bicyclic) bond motifs is 1. The topological polar surface area (TPSA) is 66.5 Å². The van der Waals surface area contributed by atoms with E-state index >= 15 is 0 Å². The lowest BCUT2D eigenvalue weighted by Gasteiger charge is -2.06. The fourth-order valence-corrected chi connectivity index (χ4v) is 2.51. The zero-order chi connectivity index (χ0) is 16.9. The molecule has 0 aliphatic heterocycles. The number of nitrogens with zero attached hydrogens (tertiary/aromatic N) is 1. The molecule has 0 aliphatic rings. The van der Waals surface area contributed by atoms with Crippen molar-refractivity contribution in [2.75, 3.05) is 6.61 Å². The van der Waals surface area contributed by atoms with Gasteiger partial charge in [-0.05, 0) is 36.8 Å². The number of carbonyl (C=O) groups is 1. The van der Waals surface area contributed by atoms with Crippen LogP contribution in [-0.2, 0) is 4.79 Å². The summed E-state index contributed by atoms with van der Waals surface area (Å²) in [7, 11) is 0. The van der Waals surface area contributed by atoms with Gasteiger partial charge in [0.25, 0.3) is 5.91 Å². The molecule has 1 heterocycles. The lowest BCUT2D eigenvalue weighted by molar-refractivity contribution is -0.123. The average Bonchev–Trinajstić information content (AvgIpc) is 2.99. The Morgan fingerprint density at radius 1 is 1.33 bits per heavy atom. The van der Waals surface area contributed by atoms with E-state index in [1.54, 1.807) is 12.3 Å². The molecule has 0 aliphatic carbocycles. The minimum Gasteiger partial charge on any atom is -0.484 e. The highest BCUT2D eigenvalue weighted by Crippen LogP contribution is 2.21. The molecule has 5 nitrogen and oxygen atoms in total. The minimum atomic E-state index is -0.313. The van der Waals surface area contributed by atoms with Gasteiger partial charge in [-0.3, -0.25) is 4.79 Å². The molecule has 0 bridgehead atoms. The summed E-state index contributed by atoms with van der Waals surface area (Å²) in [6.45, 7) is 1.87. The normalized spacial score (nSPS) is 11.1. The van der Waals surface area contributed by atoms with Crippen LogP contribution in [-0.4, -0.2) is 23.7 Å². The van der Waals surface area contributed by atoms with E-state index in [1.807, 2.05) is 49.5 Å². The highest BCUT2D eigenvalue weighted by atomic mass is 79.9. The Bertz CT molecular complexity index is 902. The molecule has 2 aromatic carbocycles. The van der Waals surface area contributed by atoms with Crippen molar-refractivity contribution in [3.8, 4) is 5.75 Å². The number of ether oxygens (including phenoxy) is 1. The van der Waals surface area contributed by atoms with Crippen LogP contribution in [0.15, 0.2) is 58.2 Å². The van der Waals surface area contributed by atoms with Crippen LogP contribution in [0.1, 0.15) is 11.1 Å². The second-order valence-electron chi connectivity index (χ2n) is 5.28. The van der Waals surface area contributed by atoms with Gasteiger partial charge < -0.3 is 9.72 Å². The molecule has 0 radical (unpaired) electrons. The molecule has 2 N–H and O–H groups in total. The summed E-state index contributed by atoms with van der Waals surface area (Å²) in [5, 5.41) is 5.03. The van der Waals surface area contributed by atoms with Crippen LogP contribution >= 0.6 is 15.9 Å². The van der Waals surface area contributed by atoms with Crippen LogP contribution in [0, 0.1) is 6.92 Å². The molecule has 1 aromatic heterocycles. The van der Waals surface area contributed by atoms with Crippen LogP contribution in [0.2, 0.25) is 0 Å². The lowest BCUT2D eigenvalue weighted by atomic mass is 10.2. The largest absolute Gasteiger partial charge is 0.484 e. The Hall–Kier alpha value is -2.60. The van der Waals surface area contributed by atoms with Gasteiger partial charge in [0.15, 0.2) is 6.61 Å². The number of para-hydroxylation sites is 1. The number of hydrogen-bond acceptors (Lipinski definition) is 3. The molecule has 0 fully saturated rings. The molecular formula is C18H16BrN3O2. The summed E-state index contributed by atoms with van der Waals surface area (Å²) in [6.07, 6.45) is 3.46. The zero-order valence-electron chi connectivity index (χ0n) is 13.0. The van der Waals surface area contributed by atoms with Crippen molar-refractivity contribution in [3.05, 3.63) is 64.3 Å². The number of rotatable bonds is 5. The van der Waals surface area contributed by atoms with Crippen LogP contribution in [0.5, 0.6) is 5.75 Å². The average molecular weight is 386 g/mol. The third-order valence-electron chi connectivity index (χ3n) is 3.51. The molecule has 24 heavy (non-hydrogen) atoms. The lowest BCUT2D eigenvalue weighted by Crippen LogP contribution is -2.24. The molecule has 122 valence electrons. The first-order chi connectivity index (χ1) is 11.6. The first-order valence-electron chi connectivity index (χ1n) is 7.40. The first kappa shape index (κ1) is 16.3. The van der Waals surface area contributed by atoms with Crippen molar-refractivity contribution in [2.45, 2.75) is 6.92 Å². The fourth-order valence-electron chi connectivity index (χ4n) is 2.26. The van der Waals surface area contributed by atoms with Crippen molar-refractivity contribution >= 4 is 39.0 Å². The van der Waals surface area contributed by atoms with Gasteiger partial charge in [-0.25, -0.2) is 5.43 Å². The molecule has 6 heteroatoms. The summed E-state index contributed by atoms with van der Waals surface area (Å²) in [6, 6.07) is 13.5. The minimum absolute atomic E-state index is 0.0910. The second-order valence-corrected chi connectivity index (χ2v) is 6.14. The van der Waals surface area contributed by atoms with Crippen molar-refractivity contribution in [1.29, 1.82) is 0 Å². The summed E-state index contributed by atoms with van der Waals surface area (Å²) >= 11 is 3.42. The van der Waals surface area contributed by atoms with E-state index in [2.05, 4.69) is 31.4 Å². The second kappa shape index (κ2) is 7.31. The van der Waals surface area contributed by atoms with Crippen molar-refractivity contribution < 1.29 is 9.53 Å². The Morgan fingerprint density at radius 3 is 3.00 bits per heavy atom. The Balaban J connectivity index is 1.54. The molecule has 1 amide bonds. The Morgan fingerprint density at radius 2 is 2.17 bits per heavy atom. The fraction of sp³-hybridized carbons (Fsp3) is 0.111. The summed E-state index contributed by atoms with van der Waals surface area (Å²) in [4.78, 5) is 14.9. The van der Waals surface area contributed by atoms with Crippen molar-refractivity contribution in [3.63, 3.8) is 0 Å². The first-order valence-corrected chi connectivity index (χ1v) is 8.20. The number of nitrogens with one attached hydrogen (secondary N) is 2. The Kier molecular flexibility index (Phi) is 4.96. The highest BCUT2D eigenvalue weighted by Gasteiger charge is 2.04. The van der Waals surface area contributed by atoms with Gasteiger partial charge in [-0.1, -0.05) is 34.1 Å². The number of aromatic amines is 1. The smallest absolute Gasteiger partial charge is 0.277 e. The van der Waals surface area contributed by atoms with Crippen molar-refractivity contribution in [1.82, 2.24) is 10.4 Å². The standard InChI is InChI=1S/C18H16BrN3O2/c1-12-8-14(6-7-16(12)19)24-11-18(23)22-21-10-13-9-20-17-5-3-2-4-15(13)17/h2-10,20H,11H2,1H3,(H,22,23). The molecule has 0 spiro atoms. The van der Waals surface area contributed by atoms with E-state index in [0.29, 0.717) is 5.75 Å². The maximum absolute atomic E-state index is 11.8. The van der Waals surface area contributed by atoms with E-state index in [0.717, 1.165) is 26.5 Å². The van der Waals surface area contributed by atoms with E-state index in [4.69, 9.17) is 4.74 Å². The van der Waals surface area contributed by atoms with Crippen LogP contribution < -0.4 is 10.2 Å². The van der Waals surface area contributed by atoms with Gasteiger partial charge in [0, 0.05) is 27.1 Å². The number of halogens is 1. The van der Waals surface area contributed by atoms with Gasteiger partial charge in [-0.2, -0.15) is 5.10 Å². The number of benzene rings is 2. The van der Waals surface area contributed by atoms with E-state index in [1.165, 1.54) is 0 Å². The van der Waals surface area contributed by atoms with Crippen LogP contribution in [0.4, 0.5) is 0 Å². The number of H-pyrrole nitrogens is 1. The molecular weight excluding hydrogens is 370 g/mol. The number of hydrogen-bond donors (Lipinski definition) is 2. The summed E-state index contributed by atoms with van der Waals surface area (Å²) in [5.74, 6) is 0.332. The maximum atomic E-state index is 11.8. The summed E-state index contributed by atoms with van der Waals surface area (Å²) in [5.41, 5.74) is 5.45. The van der Waals surface area contributed by atoms with E-state index in [9.17, 15) is 4.79 Å². The van der Waals surface area contributed by atoms with Crippen LogP contribution in [0.25, 0.3) is 10.9 Å². The highest BCUT2D eigenvalue weighted by molar-refractivity contribution is 9.10. The van der Waals surface area contributed by atoms with Gasteiger partial charge in [-0.15, -0.1) is 0 Å². The number of aryl methyl sites for hydroxylation is 1. The predicted molar refractivity (Wildman–Crippen MR) is 98.4 cm³/mol. The molecule has 0 saturated heterocycles. The molecule has 3 aromatic rings. The number of hydrazone groups is 1. The van der Waals surface area contributed by atoms with Gasteiger partial charge in [0.2, 0.25) is 0 Å². The predicted octanol–water partition coefficient (Wildman–Crippen LogP) is 3.77. The van der Waals surface area contributed by atoms with E-state index in [-0.39, 0.29) is 12.5 Å². The third-order valence-corrected chi connectivity index (χ3v) is 4.40. The zero-order valence-corrected chi connectivity index (χ0v) is 14.6. The molecule has 0 atom stereocenters. The monoisotopic (exact) mass is 385 g/mol. The molecule has 3 rings (SSSR count). The molecule has 0 unspecified atom stereocenters. The summed E-state index contributed by atoms with van der Waals surface area (Å²) < 4.78 is 6.45. The van der Waals surface area contributed by atoms with Crippen molar-refractivity contribution in [2.24, 2.45) is 5.10 Å². The number of carbonyl (C=O) groups excluding carboxylic acids is 1. The van der Waals surface area contributed by atoms with Gasteiger partial charge in [0.05, 0.1) is 6.21 Å². The van der Waals surface area contributed by atoms with Gasteiger partial charge in [0.1, 0.15) is 5.75 Å².